The molecular weight excluding hydrogens is 332 g/mol. The highest BCUT2D eigenvalue weighted by molar-refractivity contribution is 8.24. The van der Waals surface area contributed by atoms with Gasteiger partial charge in [0.25, 0.3) is 0 Å². The zero-order chi connectivity index (χ0) is 18.1. The fourth-order valence-corrected chi connectivity index (χ4v) is 3.98. The molecule has 1 heterocycles. The molecule has 1 saturated heterocycles. The lowest BCUT2D eigenvalue weighted by Gasteiger charge is -2.33. The molecule has 1 fully saturated rings. The van der Waals surface area contributed by atoms with Crippen LogP contribution in [0.15, 0.2) is 64.4 Å². The van der Waals surface area contributed by atoms with Gasteiger partial charge in [-0.1, -0.05) is 50.6 Å². The highest BCUT2D eigenvalue weighted by atomic mass is 32.3. The van der Waals surface area contributed by atoms with Crippen molar-refractivity contribution in [3.8, 4) is 0 Å². The summed E-state index contributed by atoms with van der Waals surface area (Å²) in [7, 11) is -2.91. The first kappa shape index (κ1) is 19.9. The Bertz CT molecular complexity index is 611. The minimum absolute atomic E-state index is 0.560. The van der Waals surface area contributed by atoms with Gasteiger partial charge in [-0.25, -0.2) is 0 Å². The topological polar surface area (TPSA) is 55.7 Å². The van der Waals surface area contributed by atoms with Crippen LogP contribution in [-0.4, -0.2) is 40.2 Å². The number of rotatable bonds is 4. The van der Waals surface area contributed by atoms with E-state index in [0.29, 0.717) is 9.79 Å². The van der Waals surface area contributed by atoms with Gasteiger partial charge in [-0.2, -0.15) is 0 Å². The molecule has 0 aromatic heterocycles. The zero-order valence-corrected chi connectivity index (χ0v) is 16.0. The molecule has 0 bridgehead atoms. The standard InChI is InChI=1S/C17H22N2O2S.C3H8/c20-22(21,16-4-2-1-3-5-16)17-8-6-15(7-9-17)14-19-12-10-18-11-13-19;1-3-2/h1-9,18,20-21H,10-14H2;3H2,1-2H3. The number of nitrogens with zero attached hydrogens (tertiary/aromatic N) is 1. The summed E-state index contributed by atoms with van der Waals surface area (Å²) in [6, 6.07) is 16.7. The maximum atomic E-state index is 10.5. The second kappa shape index (κ2) is 9.94. The maximum absolute atomic E-state index is 10.5. The average Bonchev–Trinajstić information content (AvgIpc) is 2.64. The van der Waals surface area contributed by atoms with Crippen LogP contribution in [0.2, 0.25) is 0 Å². The van der Waals surface area contributed by atoms with Crippen LogP contribution in [0.25, 0.3) is 0 Å². The lowest BCUT2D eigenvalue weighted by atomic mass is 10.2. The van der Waals surface area contributed by atoms with Crippen molar-refractivity contribution >= 4 is 10.6 Å². The van der Waals surface area contributed by atoms with Gasteiger partial charge in [0.1, 0.15) is 0 Å². The Kier molecular flexibility index (Phi) is 7.93. The van der Waals surface area contributed by atoms with Crippen molar-refractivity contribution < 1.29 is 9.11 Å². The summed E-state index contributed by atoms with van der Waals surface area (Å²) in [6.45, 7) is 9.34. The Morgan fingerprint density at radius 3 is 1.96 bits per heavy atom. The molecule has 0 aliphatic carbocycles. The molecule has 0 atom stereocenters. The highest BCUT2D eigenvalue weighted by Crippen LogP contribution is 2.55. The molecular formula is C20H30N2O2S. The van der Waals surface area contributed by atoms with Crippen LogP contribution in [0.1, 0.15) is 25.8 Å². The van der Waals surface area contributed by atoms with Crippen molar-refractivity contribution in [2.75, 3.05) is 26.2 Å². The second-order valence-electron chi connectivity index (χ2n) is 6.24. The highest BCUT2D eigenvalue weighted by Gasteiger charge is 2.18. The summed E-state index contributed by atoms with van der Waals surface area (Å²) in [6.07, 6.45) is 1.25. The summed E-state index contributed by atoms with van der Waals surface area (Å²) in [5, 5.41) is 3.34. The minimum Gasteiger partial charge on any atom is -0.314 e. The van der Waals surface area contributed by atoms with Gasteiger partial charge in [0.05, 0.1) is 9.79 Å². The van der Waals surface area contributed by atoms with E-state index in [1.165, 1.54) is 12.0 Å². The van der Waals surface area contributed by atoms with E-state index >= 15 is 0 Å². The van der Waals surface area contributed by atoms with Crippen molar-refractivity contribution in [1.82, 2.24) is 10.2 Å². The molecule has 5 heteroatoms. The van der Waals surface area contributed by atoms with Crippen LogP contribution >= 0.6 is 10.6 Å². The molecule has 25 heavy (non-hydrogen) atoms. The van der Waals surface area contributed by atoms with Gasteiger partial charge in [-0.3, -0.25) is 14.0 Å². The van der Waals surface area contributed by atoms with E-state index in [4.69, 9.17) is 0 Å². The Balaban J connectivity index is 0.000000701. The zero-order valence-electron chi connectivity index (χ0n) is 15.2. The Labute approximate surface area is 153 Å². The molecule has 138 valence electrons. The summed E-state index contributed by atoms with van der Waals surface area (Å²) in [4.78, 5) is 3.54. The van der Waals surface area contributed by atoms with Crippen molar-refractivity contribution in [3.63, 3.8) is 0 Å². The predicted molar refractivity (Wildman–Crippen MR) is 106 cm³/mol. The average molecular weight is 363 g/mol. The van der Waals surface area contributed by atoms with Crippen LogP contribution in [0, 0.1) is 0 Å². The van der Waals surface area contributed by atoms with Crippen LogP contribution in [0.5, 0.6) is 0 Å². The van der Waals surface area contributed by atoms with Gasteiger partial charge < -0.3 is 5.32 Å². The largest absolute Gasteiger partial charge is 0.314 e. The third-order valence-corrected chi connectivity index (χ3v) is 5.80. The van der Waals surface area contributed by atoms with Crippen molar-refractivity contribution in [2.45, 2.75) is 36.6 Å². The van der Waals surface area contributed by atoms with Crippen LogP contribution in [0.4, 0.5) is 0 Å². The third-order valence-electron chi connectivity index (χ3n) is 3.94. The Morgan fingerprint density at radius 1 is 0.880 bits per heavy atom. The summed E-state index contributed by atoms with van der Waals surface area (Å²) in [5.41, 5.74) is 1.20. The van der Waals surface area contributed by atoms with E-state index in [1.807, 2.05) is 42.5 Å². The first-order chi connectivity index (χ1) is 12.1. The maximum Gasteiger partial charge on any atom is 0.0637 e. The number of nitrogens with one attached hydrogen (secondary N) is 1. The number of hydrogen-bond acceptors (Lipinski definition) is 4. The predicted octanol–water partition coefficient (Wildman–Crippen LogP) is 4.68. The second-order valence-corrected chi connectivity index (χ2v) is 8.28. The van der Waals surface area contributed by atoms with Crippen LogP contribution in [-0.2, 0) is 6.54 Å². The fraction of sp³-hybridized carbons (Fsp3) is 0.400. The summed E-state index contributed by atoms with van der Waals surface area (Å²) < 4.78 is 21.0. The van der Waals surface area contributed by atoms with E-state index in [1.54, 1.807) is 12.1 Å². The van der Waals surface area contributed by atoms with Gasteiger partial charge in [0.15, 0.2) is 0 Å². The minimum atomic E-state index is -2.91. The number of piperazine rings is 1. The molecule has 0 saturated carbocycles. The van der Waals surface area contributed by atoms with Gasteiger partial charge in [0, 0.05) is 32.7 Å². The third kappa shape index (κ3) is 5.83. The Morgan fingerprint density at radius 2 is 1.40 bits per heavy atom. The number of benzene rings is 2. The molecule has 3 N–H and O–H groups in total. The van der Waals surface area contributed by atoms with Crippen LogP contribution in [0.3, 0.4) is 0 Å². The first-order valence-corrected chi connectivity index (χ1v) is 10.5. The lowest BCUT2D eigenvalue weighted by molar-refractivity contribution is 0.233. The van der Waals surface area contributed by atoms with Crippen LogP contribution < -0.4 is 5.32 Å². The molecule has 3 rings (SSSR count). The van der Waals surface area contributed by atoms with Crippen molar-refractivity contribution in [1.29, 1.82) is 0 Å². The van der Waals surface area contributed by atoms with E-state index in [-0.39, 0.29) is 0 Å². The van der Waals surface area contributed by atoms with Gasteiger partial charge in [0.2, 0.25) is 0 Å². The SMILES string of the molecule is CCC.OS(O)(c1ccccc1)c1ccc(CN2CCNCC2)cc1. The van der Waals surface area contributed by atoms with Gasteiger partial charge in [-0.15, -0.1) is 10.6 Å². The smallest absolute Gasteiger partial charge is 0.0637 e. The molecule has 1 aliphatic rings. The molecule has 2 aromatic rings. The van der Waals surface area contributed by atoms with E-state index in [2.05, 4.69) is 24.1 Å². The van der Waals surface area contributed by atoms with Crippen molar-refractivity contribution in [2.24, 2.45) is 0 Å². The molecule has 2 aromatic carbocycles. The summed E-state index contributed by atoms with van der Waals surface area (Å²) in [5.74, 6) is 0. The molecule has 1 aliphatic heterocycles. The van der Waals surface area contributed by atoms with E-state index in [0.717, 1.165) is 32.7 Å². The summed E-state index contributed by atoms with van der Waals surface area (Å²) >= 11 is 0. The molecule has 0 amide bonds. The van der Waals surface area contributed by atoms with E-state index in [9.17, 15) is 9.11 Å². The normalized spacial score (nSPS) is 16.0. The molecule has 4 nitrogen and oxygen atoms in total. The fourth-order valence-electron chi connectivity index (χ4n) is 2.66. The van der Waals surface area contributed by atoms with Crippen molar-refractivity contribution in [3.05, 3.63) is 60.2 Å². The molecule has 0 radical (unpaired) electrons. The quantitative estimate of drug-likeness (QED) is 0.739. The first-order valence-electron chi connectivity index (χ1n) is 8.93. The molecule has 0 unspecified atom stereocenters. The van der Waals surface area contributed by atoms with E-state index < -0.39 is 10.6 Å². The van der Waals surface area contributed by atoms with Gasteiger partial charge >= 0.3 is 0 Å². The van der Waals surface area contributed by atoms with Gasteiger partial charge in [-0.05, 0) is 29.8 Å². The lowest BCUT2D eigenvalue weighted by Crippen LogP contribution is -2.42. The molecule has 0 spiro atoms. The monoisotopic (exact) mass is 362 g/mol. The number of hydrogen-bond donors (Lipinski definition) is 3. The Hall–Kier alpha value is -1.37.